The predicted octanol–water partition coefficient (Wildman–Crippen LogP) is 2.73. The zero-order chi connectivity index (χ0) is 20.7. The minimum absolute atomic E-state index is 0.0748. The van der Waals surface area contributed by atoms with Crippen LogP contribution in [0.15, 0.2) is 41.7 Å². The molecule has 9 heteroatoms. The van der Waals surface area contributed by atoms with Gasteiger partial charge in [0.25, 0.3) is 0 Å². The highest BCUT2D eigenvalue weighted by Gasteiger charge is 2.34. The summed E-state index contributed by atoms with van der Waals surface area (Å²) < 4.78 is 15.8. The summed E-state index contributed by atoms with van der Waals surface area (Å²) in [5.74, 6) is -2.23. The minimum Gasteiger partial charge on any atom is -0.466 e. The van der Waals surface area contributed by atoms with E-state index in [0.717, 1.165) is 0 Å². The largest absolute Gasteiger partial charge is 0.466 e. The number of nitrogens with one attached hydrogen (secondary N) is 1. The summed E-state index contributed by atoms with van der Waals surface area (Å²) >= 11 is 12.2. The number of esters is 2. The van der Waals surface area contributed by atoms with Crippen LogP contribution in [0.2, 0.25) is 10.0 Å². The van der Waals surface area contributed by atoms with Crippen LogP contribution in [0.1, 0.15) is 18.6 Å². The number of benzene rings is 1. The Bertz CT molecular complexity index is 795. The van der Waals surface area contributed by atoms with Crippen LogP contribution in [0.25, 0.3) is 0 Å². The molecule has 1 aromatic carbocycles. The summed E-state index contributed by atoms with van der Waals surface area (Å²) in [5, 5.41) is 3.59. The van der Waals surface area contributed by atoms with Crippen LogP contribution in [-0.2, 0) is 23.8 Å². The van der Waals surface area contributed by atoms with Gasteiger partial charge in [0.05, 0.1) is 41.6 Å². The van der Waals surface area contributed by atoms with Crippen molar-refractivity contribution in [2.24, 2.45) is 11.7 Å². The molecule has 28 heavy (non-hydrogen) atoms. The van der Waals surface area contributed by atoms with Crippen LogP contribution in [0.3, 0.4) is 0 Å². The molecular weight excluding hydrogens is 407 g/mol. The predicted molar refractivity (Wildman–Crippen MR) is 106 cm³/mol. The maximum atomic E-state index is 12.8. The average molecular weight is 429 g/mol. The number of ether oxygens (including phenoxy) is 3. The smallest absolute Gasteiger partial charge is 0.336 e. The third-order valence-electron chi connectivity index (χ3n) is 4.06. The Morgan fingerprint density at radius 1 is 1.32 bits per heavy atom. The second kappa shape index (κ2) is 10.5. The SMILES string of the molecule is COC(=O)C1=C(COCCN)NC=CC1C(=O)O[C@@H](C)c1cccc(Cl)c1Cl. The van der Waals surface area contributed by atoms with Crippen molar-refractivity contribution in [2.75, 3.05) is 26.9 Å². The fourth-order valence-corrected chi connectivity index (χ4v) is 3.15. The van der Waals surface area contributed by atoms with E-state index in [1.807, 2.05) is 0 Å². The van der Waals surface area contributed by atoms with Crippen molar-refractivity contribution in [1.82, 2.24) is 5.32 Å². The lowest BCUT2D eigenvalue weighted by molar-refractivity contribution is -0.152. The quantitative estimate of drug-likeness (QED) is 0.484. The third-order valence-corrected chi connectivity index (χ3v) is 4.90. The monoisotopic (exact) mass is 428 g/mol. The van der Waals surface area contributed by atoms with E-state index in [0.29, 0.717) is 34.5 Å². The molecule has 1 heterocycles. The lowest BCUT2D eigenvalue weighted by Crippen LogP contribution is -2.32. The van der Waals surface area contributed by atoms with Crippen molar-refractivity contribution in [3.63, 3.8) is 0 Å². The highest BCUT2D eigenvalue weighted by molar-refractivity contribution is 6.42. The maximum Gasteiger partial charge on any atom is 0.336 e. The maximum absolute atomic E-state index is 12.8. The van der Waals surface area contributed by atoms with E-state index in [2.05, 4.69) is 5.32 Å². The summed E-state index contributed by atoms with van der Waals surface area (Å²) in [7, 11) is 1.24. The van der Waals surface area contributed by atoms with Gasteiger partial charge in [-0.25, -0.2) is 4.79 Å². The number of hydrogen-bond acceptors (Lipinski definition) is 7. The fourth-order valence-electron chi connectivity index (χ4n) is 2.69. The Morgan fingerprint density at radius 2 is 2.07 bits per heavy atom. The van der Waals surface area contributed by atoms with Crippen LogP contribution in [-0.4, -0.2) is 38.8 Å². The van der Waals surface area contributed by atoms with E-state index in [9.17, 15) is 9.59 Å². The first-order valence-corrected chi connectivity index (χ1v) is 9.33. The Balaban J connectivity index is 2.23. The molecule has 0 spiro atoms. The van der Waals surface area contributed by atoms with Gasteiger partial charge in [-0.15, -0.1) is 0 Å². The highest BCUT2D eigenvalue weighted by atomic mass is 35.5. The highest BCUT2D eigenvalue weighted by Crippen LogP contribution is 2.33. The van der Waals surface area contributed by atoms with Crippen LogP contribution in [0.5, 0.6) is 0 Å². The molecule has 0 aliphatic carbocycles. The van der Waals surface area contributed by atoms with Crippen molar-refractivity contribution >= 4 is 35.1 Å². The van der Waals surface area contributed by atoms with Crippen LogP contribution >= 0.6 is 23.2 Å². The molecule has 3 N–H and O–H groups in total. The molecule has 0 fully saturated rings. The second-order valence-electron chi connectivity index (χ2n) is 5.93. The molecule has 2 rings (SSSR count). The molecule has 0 aromatic heterocycles. The molecule has 1 aromatic rings. The number of halogens is 2. The lowest BCUT2D eigenvalue weighted by atomic mass is 9.94. The summed E-state index contributed by atoms with van der Waals surface area (Å²) in [5.41, 5.74) is 6.51. The molecule has 0 saturated heterocycles. The Labute approximate surface area is 173 Å². The zero-order valence-electron chi connectivity index (χ0n) is 15.5. The van der Waals surface area contributed by atoms with Crippen LogP contribution in [0.4, 0.5) is 0 Å². The third kappa shape index (κ3) is 5.26. The summed E-state index contributed by atoms with van der Waals surface area (Å²) in [6, 6.07) is 5.07. The molecule has 0 radical (unpaired) electrons. The molecule has 1 aliphatic heterocycles. The van der Waals surface area contributed by atoms with Crippen LogP contribution < -0.4 is 11.1 Å². The lowest BCUT2D eigenvalue weighted by Gasteiger charge is -2.24. The van der Waals surface area contributed by atoms with Gasteiger partial charge in [0.1, 0.15) is 12.0 Å². The molecule has 1 unspecified atom stereocenters. The summed E-state index contributed by atoms with van der Waals surface area (Å²) in [4.78, 5) is 25.1. The number of carbonyl (C=O) groups is 2. The van der Waals surface area contributed by atoms with Crippen molar-refractivity contribution in [3.8, 4) is 0 Å². The number of hydrogen-bond donors (Lipinski definition) is 2. The topological polar surface area (TPSA) is 99.9 Å². The first-order chi connectivity index (χ1) is 13.4. The molecule has 152 valence electrons. The standard InChI is InChI=1S/C19H22Cl2N2O5/c1-11(12-4-3-5-14(20)17(12)21)28-18(24)13-6-8-23-15(10-27-9-7-22)16(13)19(25)26-2/h3-6,8,11,13,23H,7,9-10,22H2,1-2H3/t11-,13?/m0/s1. The fraction of sp³-hybridized carbons (Fsp3) is 0.368. The number of methoxy groups -OCH3 is 1. The van der Waals surface area contributed by atoms with E-state index in [1.165, 1.54) is 13.2 Å². The number of rotatable bonds is 8. The molecular formula is C19H22Cl2N2O5. The number of nitrogens with two attached hydrogens (primary N) is 1. The number of carbonyl (C=O) groups excluding carboxylic acids is 2. The first-order valence-electron chi connectivity index (χ1n) is 8.57. The van der Waals surface area contributed by atoms with Gasteiger partial charge < -0.3 is 25.3 Å². The van der Waals surface area contributed by atoms with Gasteiger partial charge in [0, 0.05) is 12.1 Å². The molecule has 1 aliphatic rings. The summed E-state index contributed by atoms with van der Waals surface area (Å²) in [6.45, 7) is 2.39. The van der Waals surface area contributed by atoms with Crippen molar-refractivity contribution in [1.29, 1.82) is 0 Å². The minimum atomic E-state index is -0.953. The molecule has 0 bridgehead atoms. The Hall–Kier alpha value is -2.06. The van der Waals surface area contributed by atoms with Gasteiger partial charge in [-0.2, -0.15) is 0 Å². The normalized spacial score (nSPS) is 17.1. The Kier molecular flexibility index (Phi) is 8.32. The summed E-state index contributed by atoms with van der Waals surface area (Å²) in [6.07, 6.45) is 2.40. The van der Waals surface area contributed by atoms with Crippen molar-refractivity contribution < 1.29 is 23.8 Å². The second-order valence-corrected chi connectivity index (χ2v) is 6.71. The van der Waals surface area contributed by atoms with E-state index in [4.69, 9.17) is 43.1 Å². The van der Waals surface area contributed by atoms with Gasteiger partial charge >= 0.3 is 11.9 Å². The van der Waals surface area contributed by atoms with E-state index in [-0.39, 0.29) is 12.2 Å². The molecule has 7 nitrogen and oxygen atoms in total. The van der Waals surface area contributed by atoms with Gasteiger partial charge in [-0.3, -0.25) is 4.79 Å². The van der Waals surface area contributed by atoms with Crippen molar-refractivity contribution in [2.45, 2.75) is 13.0 Å². The van der Waals surface area contributed by atoms with Crippen LogP contribution in [0, 0.1) is 5.92 Å². The van der Waals surface area contributed by atoms with Crippen molar-refractivity contribution in [3.05, 3.63) is 57.4 Å². The first kappa shape index (κ1) is 22.2. The van der Waals surface area contributed by atoms with E-state index >= 15 is 0 Å². The van der Waals surface area contributed by atoms with E-state index in [1.54, 1.807) is 31.3 Å². The average Bonchev–Trinajstić information content (AvgIpc) is 2.69. The van der Waals surface area contributed by atoms with Gasteiger partial charge in [0.15, 0.2) is 0 Å². The van der Waals surface area contributed by atoms with Gasteiger partial charge in [-0.1, -0.05) is 35.3 Å². The molecule has 0 amide bonds. The zero-order valence-corrected chi connectivity index (χ0v) is 17.0. The van der Waals surface area contributed by atoms with E-state index < -0.39 is 24.0 Å². The Morgan fingerprint density at radius 3 is 2.75 bits per heavy atom. The number of dihydropyridines is 1. The molecule has 2 atom stereocenters. The molecule has 0 saturated carbocycles. The van der Waals surface area contributed by atoms with Gasteiger partial charge in [-0.05, 0) is 25.3 Å². The van der Waals surface area contributed by atoms with Gasteiger partial charge in [0.2, 0.25) is 0 Å².